The van der Waals surface area contributed by atoms with Gasteiger partial charge >= 0.3 is 10.2 Å². The van der Waals surface area contributed by atoms with Gasteiger partial charge in [-0.05, 0) is 31.5 Å². The predicted octanol–water partition coefficient (Wildman–Crippen LogP) is 0.565. The average Bonchev–Trinajstić information content (AvgIpc) is 2.50. The second-order valence-electron chi connectivity index (χ2n) is 5.15. The molecule has 0 bridgehead atoms. The van der Waals surface area contributed by atoms with Gasteiger partial charge in [-0.2, -0.15) is 17.2 Å². The Bertz CT molecular complexity index is 653. The van der Waals surface area contributed by atoms with Crippen molar-refractivity contribution in [2.24, 2.45) is 10.2 Å². The summed E-state index contributed by atoms with van der Waals surface area (Å²) in [6, 6.07) is 5.47. The van der Waals surface area contributed by atoms with Crippen molar-refractivity contribution in [3.05, 3.63) is 23.8 Å². The van der Waals surface area contributed by atoms with Crippen LogP contribution in [-0.4, -0.2) is 33.8 Å². The molecule has 0 amide bonds. The summed E-state index contributed by atoms with van der Waals surface area (Å²) in [7, 11) is -3.81. The molecule has 0 spiro atoms. The Morgan fingerprint density at radius 1 is 1.43 bits per heavy atom. The van der Waals surface area contributed by atoms with Crippen LogP contribution in [0.25, 0.3) is 0 Å². The van der Waals surface area contributed by atoms with Crippen molar-refractivity contribution < 1.29 is 13.2 Å². The molecule has 1 unspecified atom stereocenters. The first-order valence-corrected chi connectivity index (χ1v) is 8.32. The molecular formula is C13H18N4O3S. The first-order chi connectivity index (χ1) is 10.1. The molecule has 1 atom stereocenters. The van der Waals surface area contributed by atoms with Crippen LogP contribution < -0.4 is 20.3 Å². The Morgan fingerprint density at radius 2 is 2.29 bits per heavy atom. The molecule has 1 aromatic rings. The van der Waals surface area contributed by atoms with Gasteiger partial charge < -0.3 is 10.1 Å². The largest absolute Gasteiger partial charge is 0.491 e. The lowest BCUT2D eigenvalue weighted by molar-refractivity contribution is 0.239. The fraction of sp³-hybridized carbons (Fsp3) is 0.462. The fourth-order valence-electron chi connectivity index (χ4n) is 2.53. The average molecular weight is 310 g/mol. The van der Waals surface area contributed by atoms with Crippen molar-refractivity contribution in [1.29, 1.82) is 0 Å². The first-order valence-electron chi connectivity index (χ1n) is 6.92. The monoisotopic (exact) mass is 310 g/mol. The zero-order valence-corrected chi connectivity index (χ0v) is 12.3. The lowest BCUT2D eigenvalue weighted by Gasteiger charge is -2.26. The maximum atomic E-state index is 11.6. The number of hydrazine groups is 1. The van der Waals surface area contributed by atoms with Crippen LogP contribution in [0.1, 0.15) is 24.8 Å². The van der Waals surface area contributed by atoms with E-state index in [1.807, 2.05) is 0 Å². The van der Waals surface area contributed by atoms with Gasteiger partial charge in [-0.1, -0.05) is 12.5 Å². The minimum absolute atomic E-state index is 0.327. The van der Waals surface area contributed by atoms with E-state index < -0.39 is 10.2 Å². The topological polar surface area (TPSA) is 97.0 Å². The Morgan fingerprint density at radius 3 is 3.05 bits per heavy atom. The second kappa shape index (κ2) is 5.63. The number of hydrogen-bond donors (Lipinski definition) is 2. The van der Waals surface area contributed by atoms with Gasteiger partial charge in [0, 0.05) is 6.04 Å². The summed E-state index contributed by atoms with van der Waals surface area (Å²) < 4.78 is 33.2. The summed E-state index contributed by atoms with van der Waals surface area (Å²) in [5.74, 6) is 6.19. The minimum atomic E-state index is -3.81. The summed E-state index contributed by atoms with van der Waals surface area (Å²) in [5, 5.41) is 3.40. The second-order valence-corrected chi connectivity index (χ2v) is 6.65. The summed E-state index contributed by atoms with van der Waals surface area (Å²) >= 11 is 0. The summed E-state index contributed by atoms with van der Waals surface area (Å²) in [5.41, 5.74) is 0.963. The summed E-state index contributed by atoms with van der Waals surface area (Å²) in [4.78, 5) is 0. The molecule has 1 aromatic carbocycles. The summed E-state index contributed by atoms with van der Waals surface area (Å²) in [6.07, 6.45) is 4.77. The first kappa shape index (κ1) is 14.3. The van der Waals surface area contributed by atoms with E-state index in [4.69, 9.17) is 10.6 Å². The van der Waals surface area contributed by atoms with Gasteiger partial charge in [0.15, 0.2) is 0 Å². The molecule has 1 fully saturated rings. The highest BCUT2D eigenvalue weighted by atomic mass is 32.2. The fourth-order valence-corrected chi connectivity index (χ4v) is 3.28. The third-order valence-electron chi connectivity index (χ3n) is 3.70. The lowest BCUT2D eigenvalue weighted by Crippen LogP contribution is -2.39. The molecule has 0 aromatic heterocycles. The third kappa shape index (κ3) is 2.87. The van der Waals surface area contributed by atoms with Gasteiger partial charge in [-0.25, -0.2) is 5.84 Å². The number of rotatable bonds is 3. The van der Waals surface area contributed by atoms with Gasteiger partial charge in [-0.3, -0.25) is 0 Å². The van der Waals surface area contributed by atoms with Crippen molar-refractivity contribution in [3.63, 3.8) is 0 Å². The molecule has 1 saturated heterocycles. The van der Waals surface area contributed by atoms with E-state index in [9.17, 15) is 8.42 Å². The zero-order valence-electron chi connectivity index (χ0n) is 11.5. The minimum Gasteiger partial charge on any atom is -0.491 e. The highest BCUT2D eigenvalue weighted by Crippen LogP contribution is 2.31. The quantitative estimate of drug-likeness (QED) is 0.795. The maximum absolute atomic E-state index is 11.6. The van der Waals surface area contributed by atoms with Crippen molar-refractivity contribution >= 4 is 22.1 Å². The zero-order chi connectivity index (χ0) is 14.9. The van der Waals surface area contributed by atoms with E-state index in [0.717, 1.165) is 13.0 Å². The molecule has 7 nitrogen and oxygen atoms in total. The molecule has 3 rings (SSSR count). The normalized spacial score (nSPS) is 23.7. The number of fused-ring (bicyclic) bond motifs is 1. The van der Waals surface area contributed by atoms with E-state index in [1.54, 1.807) is 18.2 Å². The summed E-state index contributed by atoms with van der Waals surface area (Å²) in [6.45, 7) is 1.55. The number of nitrogens with zero attached hydrogens (tertiary/aromatic N) is 2. The van der Waals surface area contributed by atoms with Crippen LogP contribution in [0, 0.1) is 0 Å². The number of benzene rings is 1. The highest BCUT2D eigenvalue weighted by Gasteiger charge is 2.26. The standard InChI is InChI=1S/C13H18N4O3S/c14-17-12-5-3-6-13(11(12)8-16-21(17,18)19)20-9-10-4-1-2-7-15-10/h3,5-6,8,10,15H,1-2,4,7,9,14H2. The number of nitrogens with two attached hydrogens (primary N) is 1. The number of ether oxygens (including phenoxy) is 1. The molecule has 3 N–H and O–H groups in total. The molecule has 2 aliphatic rings. The van der Waals surface area contributed by atoms with Crippen LogP contribution in [0.15, 0.2) is 22.6 Å². The van der Waals surface area contributed by atoms with Gasteiger partial charge in [0.25, 0.3) is 0 Å². The Hall–Kier alpha value is -1.64. The molecule has 2 aliphatic heterocycles. The molecule has 0 radical (unpaired) electrons. The van der Waals surface area contributed by atoms with E-state index in [0.29, 0.717) is 34.1 Å². The highest BCUT2D eigenvalue weighted by molar-refractivity contribution is 7.91. The Balaban J connectivity index is 1.80. The van der Waals surface area contributed by atoms with Crippen molar-refractivity contribution in [2.75, 3.05) is 17.6 Å². The molecule has 21 heavy (non-hydrogen) atoms. The van der Waals surface area contributed by atoms with E-state index in [2.05, 4.69) is 9.71 Å². The van der Waals surface area contributed by atoms with Crippen LogP contribution in [0.2, 0.25) is 0 Å². The predicted molar refractivity (Wildman–Crippen MR) is 80.8 cm³/mol. The smallest absolute Gasteiger partial charge is 0.358 e. The van der Waals surface area contributed by atoms with Crippen LogP contribution in [0.5, 0.6) is 5.75 Å². The van der Waals surface area contributed by atoms with E-state index >= 15 is 0 Å². The number of nitrogens with one attached hydrogen (secondary N) is 1. The van der Waals surface area contributed by atoms with Gasteiger partial charge in [0.1, 0.15) is 12.4 Å². The molecule has 8 heteroatoms. The van der Waals surface area contributed by atoms with Gasteiger partial charge in [0.05, 0.1) is 17.5 Å². The third-order valence-corrected chi connectivity index (χ3v) is 4.76. The molecule has 0 saturated carbocycles. The van der Waals surface area contributed by atoms with Crippen LogP contribution in [0.4, 0.5) is 5.69 Å². The van der Waals surface area contributed by atoms with Crippen molar-refractivity contribution in [3.8, 4) is 5.75 Å². The van der Waals surface area contributed by atoms with Gasteiger partial charge in [0.2, 0.25) is 0 Å². The number of anilines is 1. The van der Waals surface area contributed by atoms with Crippen LogP contribution in [0.3, 0.4) is 0 Å². The molecular weight excluding hydrogens is 292 g/mol. The van der Waals surface area contributed by atoms with E-state index in [1.165, 1.54) is 19.1 Å². The van der Waals surface area contributed by atoms with E-state index in [-0.39, 0.29) is 0 Å². The molecule has 114 valence electrons. The van der Waals surface area contributed by atoms with Gasteiger partial charge in [-0.15, -0.1) is 0 Å². The van der Waals surface area contributed by atoms with Crippen molar-refractivity contribution in [2.45, 2.75) is 25.3 Å². The number of hydrogen-bond acceptors (Lipinski definition) is 5. The Labute approximate surface area is 123 Å². The maximum Gasteiger partial charge on any atom is 0.358 e. The van der Waals surface area contributed by atoms with Crippen molar-refractivity contribution in [1.82, 2.24) is 5.32 Å². The number of piperidine rings is 1. The molecule has 0 aliphatic carbocycles. The molecule has 2 heterocycles. The van der Waals surface area contributed by atoms with Crippen LogP contribution in [-0.2, 0) is 10.2 Å². The Kier molecular flexibility index (Phi) is 3.83. The lowest BCUT2D eigenvalue weighted by atomic mass is 10.1. The SMILES string of the molecule is NN1c2cccc(OCC3CCCCN3)c2C=NS1(=O)=O. The van der Waals surface area contributed by atoms with Crippen LogP contribution >= 0.6 is 0 Å².